The van der Waals surface area contributed by atoms with E-state index in [9.17, 15) is 0 Å². The summed E-state index contributed by atoms with van der Waals surface area (Å²) in [5.41, 5.74) is 7.58. The molecule has 1 fully saturated rings. The van der Waals surface area contributed by atoms with Crippen LogP contribution in [-0.2, 0) is 0 Å². The number of benzene rings is 1. The van der Waals surface area contributed by atoms with Crippen LogP contribution in [-0.4, -0.2) is 30.6 Å². The fourth-order valence-electron chi connectivity index (χ4n) is 2.94. The molecule has 0 amide bonds. The third-order valence-corrected chi connectivity index (χ3v) is 4.24. The average Bonchev–Trinajstić information content (AvgIpc) is 2.65. The number of rotatable bonds is 5. The highest BCUT2D eigenvalue weighted by Crippen LogP contribution is 2.21. The van der Waals surface area contributed by atoms with E-state index in [2.05, 4.69) is 24.0 Å². The van der Waals surface area contributed by atoms with Crippen LogP contribution in [0.1, 0.15) is 51.1 Å². The zero-order valence-corrected chi connectivity index (χ0v) is 12.8. The van der Waals surface area contributed by atoms with E-state index in [-0.39, 0.29) is 6.04 Å². The Morgan fingerprint density at radius 3 is 2.70 bits per heavy atom. The highest BCUT2D eigenvalue weighted by atomic mass is 16.5. The lowest BCUT2D eigenvalue weighted by Gasteiger charge is -2.29. The summed E-state index contributed by atoms with van der Waals surface area (Å²) >= 11 is 0. The number of nitrogens with two attached hydrogens (primary N) is 1. The molecule has 0 bridgehead atoms. The summed E-state index contributed by atoms with van der Waals surface area (Å²) in [6.45, 7) is 7.17. The molecule has 1 aliphatic heterocycles. The highest BCUT2D eigenvalue weighted by molar-refractivity contribution is 5.29. The molecule has 2 N–H and O–H groups in total. The Morgan fingerprint density at radius 2 is 2.00 bits per heavy atom. The monoisotopic (exact) mass is 276 g/mol. The third-order valence-electron chi connectivity index (χ3n) is 4.24. The van der Waals surface area contributed by atoms with Crippen molar-refractivity contribution >= 4 is 0 Å². The van der Waals surface area contributed by atoms with Gasteiger partial charge in [-0.2, -0.15) is 0 Å². The first-order valence-electron chi connectivity index (χ1n) is 7.93. The summed E-state index contributed by atoms with van der Waals surface area (Å²) in [7, 11) is 0. The predicted octanol–water partition coefficient (Wildman–Crippen LogP) is 3.35. The van der Waals surface area contributed by atoms with Crippen molar-refractivity contribution in [1.82, 2.24) is 4.90 Å². The van der Waals surface area contributed by atoms with Gasteiger partial charge < -0.3 is 10.5 Å². The molecule has 3 nitrogen and oxygen atoms in total. The zero-order valence-electron chi connectivity index (χ0n) is 12.8. The van der Waals surface area contributed by atoms with Gasteiger partial charge in [-0.25, -0.2) is 0 Å². The van der Waals surface area contributed by atoms with Gasteiger partial charge in [0.2, 0.25) is 0 Å². The second kappa shape index (κ2) is 7.65. The Morgan fingerprint density at radius 1 is 1.25 bits per heavy atom. The zero-order chi connectivity index (χ0) is 14.4. The van der Waals surface area contributed by atoms with Crippen LogP contribution < -0.4 is 10.5 Å². The second-order valence-electron chi connectivity index (χ2n) is 5.80. The SMILES string of the molecule is CCOc1ccc(C(N)CN2CCCCCC2C)cc1. The van der Waals surface area contributed by atoms with Crippen LogP contribution in [0.5, 0.6) is 5.75 Å². The molecular formula is C17H28N2O. The van der Waals surface area contributed by atoms with Gasteiger partial charge in [0.15, 0.2) is 0 Å². The fourth-order valence-corrected chi connectivity index (χ4v) is 2.94. The van der Waals surface area contributed by atoms with Gasteiger partial charge in [0.05, 0.1) is 6.61 Å². The molecule has 20 heavy (non-hydrogen) atoms. The van der Waals surface area contributed by atoms with Gasteiger partial charge in [0, 0.05) is 18.6 Å². The molecule has 0 spiro atoms. The molecule has 0 saturated carbocycles. The third kappa shape index (κ3) is 4.22. The van der Waals surface area contributed by atoms with Crippen molar-refractivity contribution in [2.24, 2.45) is 5.73 Å². The Bertz CT molecular complexity index is 390. The number of nitrogens with zero attached hydrogens (tertiary/aromatic N) is 1. The van der Waals surface area contributed by atoms with Crippen molar-refractivity contribution in [2.45, 2.75) is 51.6 Å². The van der Waals surface area contributed by atoms with Gasteiger partial charge in [-0.15, -0.1) is 0 Å². The fraction of sp³-hybridized carbons (Fsp3) is 0.647. The molecule has 0 aliphatic carbocycles. The molecule has 3 heteroatoms. The highest BCUT2D eigenvalue weighted by Gasteiger charge is 2.19. The molecule has 1 aromatic carbocycles. The van der Waals surface area contributed by atoms with E-state index in [1.165, 1.54) is 37.8 Å². The quantitative estimate of drug-likeness (QED) is 0.896. The predicted molar refractivity (Wildman–Crippen MR) is 84.0 cm³/mol. The van der Waals surface area contributed by atoms with E-state index >= 15 is 0 Å². The molecule has 1 heterocycles. The lowest BCUT2D eigenvalue weighted by molar-refractivity contribution is 0.201. The summed E-state index contributed by atoms with van der Waals surface area (Å²) < 4.78 is 5.47. The van der Waals surface area contributed by atoms with Crippen LogP contribution in [0.25, 0.3) is 0 Å². The molecule has 2 atom stereocenters. The summed E-state index contributed by atoms with van der Waals surface area (Å²) in [6, 6.07) is 8.98. The molecule has 2 rings (SSSR count). The van der Waals surface area contributed by atoms with Crippen LogP contribution in [0.4, 0.5) is 0 Å². The van der Waals surface area contributed by atoms with Crippen LogP contribution in [0.15, 0.2) is 24.3 Å². The second-order valence-corrected chi connectivity index (χ2v) is 5.80. The molecule has 112 valence electrons. The van der Waals surface area contributed by atoms with Gasteiger partial charge in [0.1, 0.15) is 5.75 Å². The number of hydrogen-bond donors (Lipinski definition) is 1. The van der Waals surface area contributed by atoms with Crippen molar-refractivity contribution in [3.63, 3.8) is 0 Å². The first-order valence-corrected chi connectivity index (χ1v) is 7.93. The molecular weight excluding hydrogens is 248 g/mol. The summed E-state index contributed by atoms with van der Waals surface area (Å²) in [5, 5.41) is 0. The summed E-state index contributed by atoms with van der Waals surface area (Å²) in [5.74, 6) is 0.923. The van der Waals surface area contributed by atoms with Crippen LogP contribution in [0, 0.1) is 0 Å². The van der Waals surface area contributed by atoms with Crippen molar-refractivity contribution in [1.29, 1.82) is 0 Å². The Balaban J connectivity index is 1.94. The number of hydrogen-bond acceptors (Lipinski definition) is 3. The van der Waals surface area contributed by atoms with Crippen molar-refractivity contribution in [3.8, 4) is 5.75 Å². The topological polar surface area (TPSA) is 38.5 Å². The first kappa shape index (κ1) is 15.3. The Labute approximate surface area is 123 Å². The van der Waals surface area contributed by atoms with Gasteiger partial charge >= 0.3 is 0 Å². The Hall–Kier alpha value is -1.06. The van der Waals surface area contributed by atoms with Crippen molar-refractivity contribution in [2.75, 3.05) is 19.7 Å². The average molecular weight is 276 g/mol. The lowest BCUT2D eigenvalue weighted by Crippen LogP contribution is -2.38. The molecule has 1 aliphatic rings. The van der Waals surface area contributed by atoms with Crippen LogP contribution in [0.2, 0.25) is 0 Å². The standard InChI is InChI=1S/C17H28N2O/c1-3-20-16-10-8-15(9-11-16)17(18)13-19-12-6-4-5-7-14(19)2/h8-11,14,17H,3-7,12-13,18H2,1-2H3. The van der Waals surface area contributed by atoms with Crippen molar-refractivity contribution < 1.29 is 4.74 Å². The largest absolute Gasteiger partial charge is 0.494 e. The van der Waals surface area contributed by atoms with E-state index in [0.29, 0.717) is 12.6 Å². The molecule has 1 aromatic rings. The van der Waals surface area contributed by atoms with Gasteiger partial charge in [-0.3, -0.25) is 4.90 Å². The van der Waals surface area contributed by atoms with E-state index in [1.54, 1.807) is 0 Å². The van der Waals surface area contributed by atoms with E-state index in [0.717, 1.165) is 12.3 Å². The molecule has 1 saturated heterocycles. The first-order chi connectivity index (χ1) is 9.70. The van der Waals surface area contributed by atoms with Crippen molar-refractivity contribution in [3.05, 3.63) is 29.8 Å². The molecule has 2 unspecified atom stereocenters. The smallest absolute Gasteiger partial charge is 0.119 e. The Kier molecular flexibility index (Phi) is 5.86. The minimum absolute atomic E-state index is 0.0891. The van der Waals surface area contributed by atoms with E-state index < -0.39 is 0 Å². The van der Waals surface area contributed by atoms with Gasteiger partial charge in [-0.05, 0) is 50.9 Å². The van der Waals surface area contributed by atoms with Gasteiger partial charge in [0.25, 0.3) is 0 Å². The summed E-state index contributed by atoms with van der Waals surface area (Å²) in [4.78, 5) is 2.55. The lowest BCUT2D eigenvalue weighted by atomic mass is 10.1. The maximum absolute atomic E-state index is 6.38. The minimum Gasteiger partial charge on any atom is -0.494 e. The maximum atomic E-state index is 6.38. The maximum Gasteiger partial charge on any atom is 0.119 e. The van der Waals surface area contributed by atoms with E-state index in [1.807, 2.05) is 19.1 Å². The molecule has 0 aromatic heterocycles. The normalized spacial score (nSPS) is 22.2. The number of ether oxygens (including phenoxy) is 1. The van der Waals surface area contributed by atoms with Crippen LogP contribution >= 0.6 is 0 Å². The van der Waals surface area contributed by atoms with Crippen LogP contribution in [0.3, 0.4) is 0 Å². The summed E-state index contributed by atoms with van der Waals surface area (Å²) in [6.07, 6.45) is 5.32. The van der Waals surface area contributed by atoms with E-state index in [4.69, 9.17) is 10.5 Å². The molecule has 0 radical (unpaired) electrons. The minimum atomic E-state index is 0.0891. The van der Waals surface area contributed by atoms with Gasteiger partial charge in [-0.1, -0.05) is 25.0 Å². The number of likely N-dealkylation sites (tertiary alicyclic amines) is 1.